The summed E-state index contributed by atoms with van der Waals surface area (Å²) < 4.78 is 5.62. The van der Waals surface area contributed by atoms with Crippen molar-refractivity contribution in [2.75, 3.05) is 37.8 Å². The van der Waals surface area contributed by atoms with E-state index in [1.807, 2.05) is 7.05 Å². The van der Waals surface area contributed by atoms with Gasteiger partial charge in [0.2, 0.25) is 0 Å². The molecule has 132 valence electrons. The molecule has 1 saturated heterocycles. The number of carbonyl (C=O) groups excluding carboxylic acids is 2. The maximum absolute atomic E-state index is 12.0. The molecular formula is C15H20Cl2N4O3. The first-order chi connectivity index (χ1) is 11.3. The van der Waals surface area contributed by atoms with Crippen LogP contribution in [0.1, 0.15) is 6.92 Å². The molecule has 0 saturated carbocycles. The summed E-state index contributed by atoms with van der Waals surface area (Å²) in [4.78, 5) is 26.2. The van der Waals surface area contributed by atoms with E-state index < -0.39 is 11.8 Å². The van der Waals surface area contributed by atoms with Crippen molar-refractivity contribution in [3.05, 3.63) is 22.2 Å². The van der Waals surface area contributed by atoms with Crippen LogP contribution in [0.25, 0.3) is 0 Å². The number of nitrogen functional groups attached to an aromatic ring is 1. The fraction of sp³-hybridized carbons (Fsp3) is 0.467. The van der Waals surface area contributed by atoms with Gasteiger partial charge in [-0.1, -0.05) is 23.2 Å². The molecule has 1 heterocycles. The van der Waals surface area contributed by atoms with Gasteiger partial charge in [-0.25, -0.2) is 0 Å². The van der Waals surface area contributed by atoms with Crippen LogP contribution in [0.2, 0.25) is 10.0 Å². The van der Waals surface area contributed by atoms with Crippen molar-refractivity contribution in [2.45, 2.75) is 19.1 Å². The van der Waals surface area contributed by atoms with Crippen molar-refractivity contribution in [1.82, 2.24) is 10.2 Å². The van der Waals surface area contributed by atoms with E-state index in [0.29, 0.717) is 18.8 Å². The number of nitrogens with zero attached hydrogens (tertiary/aromatic N) is 1. The van der Waals surface area contributed by atoms with Crippen molar-refractivity contribution < 1.29 is 14.3 Å². The standard InChI is InChI=1S/C15H20Cl2N4O3/c1-8(12-7-21(2)3-4-24-12)19-14(22)15(23)20-9-5-10(16)13(18)11(17)6-9/h5-6,8,12H,3-4,7,18H2,1-2H3,(H,19,22)(H,20,23). The second-order valence-electron chi connectivity index (χ2n) is 5.74. The smallest absolute Gasteiger partial charge is 0.313 e. The lowest BCUT2D eigenvalue weighted by atomic mass is 10.1. The molecule has 0 spiro atoms. The number of ether oxygens (including phenoxy) is 1. The van der Waals surface area contributed by atoms with Crippen LogP contribution < -0.4 is 16.4 Å². The zero-order valence-corrected chi connectivity index (χ0v) is 14.9. The van der Waals surface area contributed by atoms with Crippen LogP contribution in [-0.2, 0) is 14.3 Å². The summed E-state index contributed by atoms with van der Waals surface area (Å²) >= 11 is 11.8. The Balaban J connectivity index is 1.93. The molecule has 24 heavy (non-hydrogen) atoms. The molecule has 0 bridgehead atoms. The lowest BCUT2D eigenvalue weighted by Gasteiger charge is -2.33. The van der Waals surface area contributed by atoms with Crippen molar-refractivity contribution in [3.63, 3.8) is 0 Å². The lowest BCUT2D eigenvalue weighted by molar-refractivity contribution is -0.137. The molecule has 0 radical (unpaired) electrons. The van der Waals surface area contributed by atoms with Crippen LogP contribution in [-0.4, -0.2) is 55.6 Å². The van der Waals surface area contributed by atoms with Gasteiger partial charge < -0.3 is 26.0 Å². The summed E-state index contributed by atoms with van der Waals surface area (Å²) in [6, 6.07) is 2.55. The fourth-order valence-electron chi connectivity index (χ4n) is 2.32. The van der Waals surface area contributed by atoms with Gasteiger partial charge in [0.15, 0.2) is 0 Å². The van der Waals surface area contributed by atoms with E-state index in [2.05, 4.69) is 15.5 Å². The van der Waals surface area contributed by atoms with Gasteiger partial charge in [-0.2, -0.15) is 0 Å². The van der Waals surface area contributed by atoms with Crippen molar-refractivity contribution in [1.29, 1.82) is 0 Å². The molecule has 2 unspecified atom stereocenters. The Bertz CT molecular complexity index is 618. The van der Waals surface area contributed by atoms with E-state index in [-0.39, 0.29) is 27.9 Å². The molecule has 7 nitrogen and oxygen atoms in total. The lowest BCUT2D eigenvalue weighted by Crippen LogP contribution is -2.53. The predicted molar refractivity (Wildman–Crippen MR) is 94.3 cm³/mol. The average molecular weight is 375 g/mol. The number of hydrogen-bond donors (Lipinski definition) is 3. The van der Waals surface area contributed by atoms with Gasteiger partial charge >= 0.3 is 11.8 Å². The fourth-order valence-corrected chi connectivity index (χ4v) is 2.81. The van der Waals surface area contributed by atoms with E-state index in [1.165, 1.54) is 12.1 Å². The number of nitrogens with two attached hydrogens (primary N) is 1. The van der Waals surface area contributed by atoms with Crippen LogP contribution >= 0.6 is 23.2 Å². The molecule has 1 fully saturated rings. The summed E-state index contributed by atoms with van der Waals surface area (Å²) in [5.74, 6) is -1.58. The van der Waals surface area contributed by atoms with E-state index in [1.54, 1.807) is 6.92 Å². The molecular weight excluding hydrogens is 355 g/mol. The minimum Gasteiger partial charge on any atom is -0.396 e. The van der Waals surface area contributed by atoms with Crippen LogP contribution in [0.15, 0.2) is 12.1 Å². The summed E-state index contributed by atoms with van der Waals surface area (Å²) in [6.07, 6.45) is -0.166. The molecule has 2 amide bonds. The molecule has 0 aliphatic carbocycles. The number of likely N-dealkylation sites (N-methyl/N-ethyl adjacent to an activating group) is 1. The Hall–Kier alpha value is -1.54. The zero-order valence-electron chi connectivity index (χ0n) is 13.4. The summed E-state index contributed by atoms with van der Waals surface area (Å²) in [6.45, 7) is 3.92. The van der Waals surface area contributed by atoms with Gasteiger partial charge in [0.1, 0.15) is 0 Å². The van der Waals surface area contributed by atoms with Crippen LogP contribution in [0.5, 0.6) is 0 Å². The summed E-state index contributed by atoms with van der Waals surface area (Å²) in [5, 5.41) is 5.48. The van der Waals surface area contributed by atoms with Gasteiger partial charge in [0.25, 0.3) is 0 Å². The Kier molecular flexibility index (Phi) is 6.28. The van der Waals surface area contributed by atoms with Crippen LogP contribution in [0.3, 0.4) is 0 Å². The minimum atomic E-state index is -0.817. The molecule has 2 rings (SSSR count). The van der Waals surface area contributed by atoms with Gasteiger partial charge in [-0.15, -0.1) is 0 Å². The molecule has 4 N–H and O–H groups in total. The van der Waals surface area contributed by atoms with E-state index in [0.717, 1.165) is 6.54 Å². The second-order valence-corrected chi connectivity index (χ2v) is 6.56. The van der Waals surface area contributed by atoms with Gasteiger partial charge in [-0.05, 0) is 26.1 Å². The number of amides is 2. The highest BCUT2D eigenvalue weighted by Crippen LogP contribution is 2.31. The number of benzene rings is 1. The topological polar surface area (TPSA) is 96.7 Å². The van der Waals surface area contributed by atoms with E-state index in [9.17, 15) is 9.59 Å². The van der Waals surface area contributed by atoms with Gasteiger partial charge in [-0.3, -0.25) is 9.59 Å². The largest absolute Gasteiger partial charge is 0.396 e. The van der Waals surface area contributed by atoms with Crippen molar-refractivity contribution in [3.8, 4) is 0 Å². The highest BCUT2D eigenvalue weighted by Gasteiger charge is 2.26. The van der Waals surface area contributed by atoms with E-state index >= 15 is 0 Å². The van der Waals surface area contributed by atoms with Crippen molar-refractivity contribution >= 4 is 46.4 Å². The monoisotopic (exact) mass is 374 g/mol. The molecule has 0 aromatic heterocycles. The first-order valence-corrected chi connectivity index (χ1v) is 8.20. The third-order valence-corrected chi connectivity index (χ3v) is 4.38. The SMILES string of the molecule is CC(NC(=O)C(=O)Nc1cc(Cl)c(N)c(Cl)c1)C1CN(C)CCO1. The average Bonchev–Trinajstić information content (AvgIpc) is 2.52. The Labute approximate surface area is 150 Å². The third kappa shape index (κ3) is 4.73. The summed E-state index contributed by atoms with van der Waals surface area (Å²) in [7, 11) is 1.98. The first kappa shape index (κ1) is 18.8. The highest BCUT2D eigenvalue weighted by atomic mass is 35.5. The Morgan fingerprint density at radius 1 is 1.33 bits per heavy atom. The van der Waals surface area contributed by atoms with E-state index in [4.69, 9.17) is 33.7 Å². The third-order valence-electron chi connectivity index (χ3n) is 3.76. The minimum absolute atomic E-state index is 0.166. The van der Waals surface area contributed by atoms with Crippen LogP contribution in [0, 0.1) is 0 Å². The highest BCUT2D eigenvalue weighted by molar-refractivity contribution is 6.41. The van der Waals surface area contributed by atoms with Crippen molar-refractivity contribution in [2.24, 2.45) is 0 Å². The van der Waals surface area contributed by atoms with Crippen LogP contribution in [0.4, 0.5) is 11.4 Å². The predicted octanol–water partition coefficient (Wildman–Crippen LogP) is 1.35. The molecule has 1 aliphatic rings. The second kappa shape index (κ2) is 8.02. The molecule has 1 aromatic rings. The van der Waals surface area contributed by atoms with Gasteiger partial charge in [0, 0.05) is 18.8 Å². The first-order valence-electron chi connectivity index (χ1n) is 7.44. The number of nitrogens with one attached hydrogen (secondary N) is 2. The quantitative estimate of drug-likeness (QED) is 0.548. The number of halogens is 2. The Morgan fingerprint density at radius 2 is 1.96 bits per heavy atom. The zero-order chi connectivity index (χ0) is 17.9. The summed E-state index contributed by atoms with van der Waals surface area (Å²) in [5.41, 5.74) is 6.14. The number of morpholine rings is 1. The Morgan fingerprint density at radius 3 is 2.54 bits per heavy atom. The molecule has 1 aliphatic heterocycles. The molecule has 2 atom stereocenters. The maximum Gasteiger partial charge on any atom is 0.313 e. The normalized spacial score (nSPS) is 19.6. The molecule has 1 aromatic carbocycles. The number of carbonyl (C=O) groups is 2. The molecule has 9 heteroatoms. The number of hydrogen-bond acceptors (Lipinski definition) is 5. The number of rotatable bonds is 3. The maximum atomic E-state index is 12.0. The number of anilines is 2. The van der Waals surface area contributed by atoms with Gasteiger partial charge in [0.05, 0.1) is 34.5 Å².